The molecule has 1 N–H and O–H groups in total. The summed E-state index contributed by atoms with van der Waals surface area (Å²) in [6, 6.07) is 4.66. The Morgan fingerprint density at radius 3 is 2.73 bits per heavy atom. The van der Waals surface area contributed by atoms with Gasteiger partial charge in [0, 0.05) is 43.3 Å². The van der Waals surface area contributed by atoms with Crippen molar-refractivity contribution in [1.82, 2.24) is 4.90 Å². The fourth-order valence-electron chi connectivity index (χ4n) is 2.57. The molecule has 1 aromatic carbocycles. The topological polar surface area (TPSA) is 35.6 Å². The first kappa shape index (κ1) is 16.9. The van der Waals surface area contributed by atoms with Gasteiger partial charge in [0.1, 0.15) is 5.82 Å². The molecule has 1 aliphatic heterocycles. The van der Waals surface area contributed by atoms with Gasteiger partial charge in [-0.1, -0.05) is 0 Å². The quantitative estimate of drug-likeness (QED) is 0.898. The second kappa shape index (κ2) is 7.72. The van der Waals surface area contributed by atoms with Gasteiger partial charge < -0.3 is 15.1 Å². The molecule has 1 aliphatic rings. The maximum atomic E-state index is 13.8. The van der Waals surface area contributed by atoms with Crippen molar-refractivity contribution in [2.75, 3.05) is 42.4 Å². The first-order valence-electron chi connectivity index (χ1n) is 7.59. The molecule has 122 valence electrons. The molecule has 0 aliphatic carbocycles. The summed E-state index contributed by atoms with van der Waals surface area (Å²) in [6.07, 6.45) is 4.28. The molecule has 2 amide bonds. The van der Waals surface area contributed by atoms with Crippen LogP contribution in [0.25, 0.3) is 0 Å². The summed E-state index contributed by atoms with van der Waals surface area (Å²) in [5.41, 5.74) is 1.35. The fourth-order valence-corrected chi connectivity index (χ4v) is 3.28. The smallest absolute Gasteiger partial charge is 0.321 e. The van der Waals surface area contributed by atoms with E-state index < -0.39 is 0 Å². The predicted molar refractivity (Wildman–Crippen MR) is 92.5 cm³/mol. The monoisotopic (exact) mass is 325 g/mol. The molecule has 4 nitrogen and oxygen atoms in total. The van der Waals surface area contributed by atoms with Crippen molar-refractivity contribution in [1.29, 1.82) is 0 Å². The van der Waals surface area contributed by atoms with E-state index in [1.807, 2.05) is 19.2 Å². The normalized spacial score (nSPS) is 15.7. The van der Waals surface area contributed by atoms with Gasteiger partial charge in [-0.3, -0.25) is 0 Å². The Bertz CT molecular complexity index is 520. The molecule has 0 spiro atoms. The number of hydrogen-bond donors (Lipinski definition) is 1. The molecular formula is C16H24FN3OS. The van der Waals surface area contributed by atoms with Crippen LogP contribution in [0.3, 0.4) is 0 Å². The van der Waals surface area contributed by atoms with E-state index in [4.69, 9.17) is 0 Å². The third-order valence-corrected chi connectivity index (χ3v) is 4.81. The number of anilines is 2. The first-order valence-corrected chi connectivity index (χ1v) is 8.99. The molecule has 0 radical (unpaired) electrons. The molecule has 1 heterocycles. The fraction of sp³-hybridized carbons (Fsp3) is 0.562. The molecule has 1 atom stereocenters. The standard InChI is InChI=1S/C16H24FN3OS/c1-12(11-22-3)19(2)16(21)18-14-8-13(17)9-15(10-14)20-6-4-5-7-20/h8-10,12H,4-7,11H2,1-3H3,(H,18,21)/t12-/m1/s1. The number of carbonyl (C=O) groups excluding carboxylic acids is 1. The van der Waals surface area contributed by atoms with Gasteiger partial charge in [-0.05, 0) is 44.2 Å². The average molecular weight is 325 g/mol. The molecule has 0 unspecified atom stereocenters. The highest BCUT2D eigenvalue weighted by atomic mass is 32.2. The molecule has 0 saturated carbocycles. The maximum Gasteiger partial charge on any atom is 0.321 e. The minimum Gasteiger partial charge on any atom is -0.371 e. The van der Waals surface area contributed by atoms with E-state index in [9.17, 15) is 9.18 Å². The van der Waals surface area contributed by atoms with Crippen molar-refractivity contribution in [3.63, 3.8) is 0 Å². The van der Waals surface area contributed by atoms with Crippen molar-refractivity contribution in [3.05, 3.63) is 24.0 Å². The van der Waals surface area contributed by atoms with Crippen LogP contribution in [-0.4, -0.2) is 49.1 Å². The lowest BCUT2D eigenvalue weighted by Crippen LogP contribution is -2.39. The highest BCUT2D eigenvalue weighted by Crippen LogP contribution is 2.25. The summed E-state index contributed by atoms with van der Waals surface area (Å²) in [5, 5.41) is 2.80. The lowest BCUT2D eigenvalue weighted by molar-refractivity contribution is 0.212. The summed E-state index contributed by atoms with van der Waals surface area (Å²) < 4.78 is 13.8. The van der Waals surface area contributed by atoms with E-state index in [1.54, 1.807) is 23.7 Å². The summed E-state index contributed by atoms with van der Waals surface area (Å²) in [4.78, 5) is 16.0. The van der Waals surface area contributed by atoms with E-state index in [-0.39, 0.29) is 17.9 Å². The van der Waals surface area contributed by atoms with Gasteiger partial charge in [-0.25, -0.2) is 9.18 Å². The zero-order valence-electron chi connectivity index (χ0n) is 13.4. The average Bonchev–Trinajstić information content (AvgIpc) is 3.00. The Hall–Kier alpha value is -1.43. The minimum atomic E-state index is -0.320. The number of amides is 2. The van der Waals surface area contributed by atoms with Gasteiger partial charge in [-0.2, -0.15) is 11.8 Å². The number of benzene rings is 1. The van der Waals surface area contributed by atoms with E-state index in [0.717, 1.165) is 37.4 Å². The van der Waals surface area contributed by atoms with Gasteiger partial charge in [0.25, 0.3) is 0 Å². The molecule has 2 rings (SSSR count). The third kappa shape index (κ3) is 4.29. The second-order valence-electron chi connectivity index (χ2n) is 5.74. The largest absolute Gasteiger partial charge is 0.371 e. The lowest BCUT2D eigenvalue weighted by Gasteiger charge is -2.25. The number of urea groups is 1. The Labute approximate surface area is 136 Å². The number of halogens is 1. The van der Waals surface area contributed by atoms with Crippen LogP contribution in [0.2, 0.25) is 0 Å². The number of carbonyl (C=O) groups is 1. The summed E-state index contributed by atoms with van der Waals surface area (Å²) in [7, 11) is 1.76. The first-order chi connectivity index (χ1) is 10.5. The van der Waals surface area contributed by atoms with Crippen LogP contribution in [0.5, 0.6) is 0 Å². The Balaban J connectivity index is 2.07. The van der Waals surface area contributed by atoms with Crippen LogP contribution in [0.1, 0.15) is 19.8 Å². The van der Waals surface area contributed by atoms with Crippen LogP contribution in [-0.2, 0) is 0 Å². The number of hydrogen-bond acceptors (Lipinski definition) is 3. The van der Waals surface area contributed by atoms with Crippen LogP contribution in [0.4, 0.5) is 20.6 Å². The van der Waals surface area contributed by atoms with Crippen molar-refractivity contribution in [2.45, 2.75) is 25.8 Å². The van der Waals surface area contributed by atoms with Crippen molar-refractivity contribution in [3.8, 4) is 0 Å². The van der Waals surface area contributed by atoms with Gasteiger partial charge in [0.2, 0.25) is 0 Å². The van der Waals surface area contributed by atoms with Gasteiger partial charge in [-0.15, -0.1) is 0 Å². The van der Waals surface area contributed by atoms with Crippen molar-refractivity contribution < 1.29 is 9.18 Å². The molecule has 22 heavy (non-hydrogen) atoms. The Kier molecular flexibility index (Phi) is 5.94. The van der Waals surface area contributed by atoms with E-state index in [1.165, 1.54) is 12.1 Å². The lowest BCUT2D eigenvalue weighted by atomic mass is 10.2. The highest BCUT2D eigenvalue weighted by molar-refractivity contribution is 7.98. The van der Waals surface area contributed by atoms with Crippen LogP contribution in [0, 0.1) is 5.82 Å². The second-order valence-corrected chi connectivity index (χ2v) is 6.65. The molecule has 0 bridgehead atoms. The molecule has 0 aromatic heterocycles. The SMILES string of the molecule is CSC[C@@H](C)N(C)C(=O)Nc1cc(F)cc(N2CCCC2)c1. The molecule has 1 saturated heterocycles. The number of nitrogens with zero attached hydrogens (tertiary/aromatic N) is 2. The van der Waals surface area contributed by atoms with Crippen molar-refractivity contribution in [2.24, 2.45) is 0 Å². The van der Waals surface area contributed by atoms with Gasteiger partial charge in [0.05, 0.1) is 0 Å². The van der Waals surface area contributed by atoms with E-state index >= 15 is 0 Å². The highest BCUT2D eigenvalue weighted by Gasteiger charge is 2.17. The summed E-state index contributed by atoms with van der Waals surface area (Å²) in [6.45, 7) is 3.89. The van der Waals surface area contributed by atoms with Gasteiger partial charge in [0.15, 0.2) is 0 Å². The van der Waals surface area contributed by atoms with E-state index in [2.05, 4.69) is 10.2 Å². The van der Waals surface area contributed by atoms with Crippen LogP contribution < -0.4 is 10.2 Å². The predicted octanol–water partition coefficient (Wildman–Crippen LogP) is 3.64. The molecule has 1 fully saturated rings. The molecule has 6 heteroatoms. The zero-order chi connectivity index (χ0) is 16.1. The number of nitrogens with one attached hydrogen (secondary N) is 1. The van der Waals surface area contributed by atoms with Crippen LogP contribution >= 0.6 is 11.8 Å². The summed E-state index contributed by atoms with van der Waals surface area (Å²) in [5.74, 6) is 0.547. The van der Waals surface area contributed by atoms with Crippen LogP contribution in [0.15, 0.2) is 18.2 Å². The number of rotatable bonds is 5. The number of thioether (sulfide) groups is 1. The Morgan fingerprint density at radius 1 is 1.41 bits per heavy atom. The van der Waals surface area contributed by atoms with E-state index in [0.29, 0.717) is 5.69 Å². The Morgan fingerprint density at radius 2 is 2.09 bits per heavy atom. The maximum absolute atomic E-state index is 13.8. The minimum absolute atomic E-state index is 0.126. The molecule has 1 aromatic rings. The van der Waals surface area contributed by atoms with Crippen molar-refractivity contribution >= 4 is 29.2 Å². The molecular weight excluding hydrogens is 301 g/mol. The van der Waals surface area contributed by atoms with Gasteiger partial charge >= 0.3 is 6.03 Å². The third-order valence-electron chi connectivity index (χ3n) is 3.99. The summed E-state index contributed by atoms with van der Waals surface area (Å²) >= 11 is 1.70. The zero-order valence-corrected chi connectivity index (χ0v) is 14.3.